The molecule has 0 aromatic heterocycles. The number of aliphatic hydroxyl groups is 1. The predicted molar refractivity (Wildman–Crippen MR) is 138 cm³/mol. The van der Waals surface area contributed by atoms with Gasteiger partial charge >= 0.3 is 0 Å². The van der Waals surface area contributed by atoms with Crippen LogP contribution in [0.15, 0.2) is 69.3 Å². The molecule has 2 aliphatic heterocycles. The number of anilines is 2. The smallest absolute Gasteiger partial charge is 0.260 e. The molecule has 0 aliphatic carbocycles. The van der Waals surface area contributed by atoms with Crippen LogP contribution in [0.4, 0.5) is 15.8 Å². The largest absolute Gasteiger partial charge is 0.509 e. The summed E-state index contributed by atoms with van der Waals surface area (Å²) in [7, 11) is -8.22. The van der Waals surface area contributed by atoms with Gasteiger partial charge in [-0.15, -0.1) is 0 Å². The van der Waals surface area contributed by atoms with E-state index in [4.69, 9.17) is 0 Å². The molecule has 0 radical (unpaired) electrons. The highest BCUT2D eigenvalue weighted by molar-refractivity contribution is 7.96. The fraction of sp³-hybridized carbons (Fsp3) is 0.280. The Hall–Kier alpha value is -3.89. The number of hydrogen-bond donors (Lipinski definition) is 3. The van der Waals surface area contributed by atoms with Crippen molar-refractivity contribution in [1.82, 2.24) is 4.90 Å². The normalized spacial score (nSPS) is 19.2. The Morgan fingerprint density at radius 2 is 1.82 bits per heavy atom. The molecule has 3 N–H and O–H groups in total. The lowest BCUT2D eigenvalue weighted by Crippen LogP contribution is -2.43. The van der Waals surface area contributed by atoms with Crippen LogP contribution in [0.5, 0.6) is 0 Å². The van der Waals surface area contributed by atoms with Crippen molar-refractivity contribution in [3.63, 3.8) is 0 Å². The Balaban J connectivity index is 1.84. The lowest BCUT2D eigenvalue weighted by Gasteiger charge is -2.35. The number of benzene rings is 2. The van der Waals surface area contributed by atoms with Gasteiger partial charge in [0.05, 0.1) is 28.6 Å². The van der Waals surface area contributed by atoms with Gasteiger partial charge in [-0.25, -0.2) is 21.2 Å². The van der Waals surface area contributed by atoms with Gasteiger partial charge in [-0.3, -0.25) is 9.52 Å². The molecule has 38 heavy (non-hydrogen) atoms. The van der Waals surface area contributed by atoms with Gasteiger partial charge in [0.1, 0.15) is 23.2 Å². The van der Waals surface area contributed by atoms with Gasteiger partial charge in [0.15, 0.2) is 4.91 Å². The molecule has 200 valence electrons. The second kappa shape index (κ2) is 9.14. The molecule has 4 rings (SSSR count). The maximum Gasteiger partial charge on any atom is 0.260 e. The summed E-state index contributed by atoms with van der Waals surface area (Å²) in [6, 6.07) is 9.91. The lowest BCUT2D eigenvalue weighted by molar-refractivity contribution is -0.129. The average molecular weight is 561 g/mol. The van der Waals surface area contributed by atoms with Gasteiger partial charge in [-0.1, -0.05) is 32.9 Å². The number of carbonyl (C=O) groups excluding carboxylic acids is 1. The molecule has 0 saturated heterocycles. The summed E-state index contributed by atoms with van der Waals surface area (Å²) in [5.74, 6) is -1.57. The van der Waals surface area contributed by atoms with Crippen molar-refractivity contribution in [2.24, 2.45) is 5.41 Å². The summed E-state index contributed by atoms with van der Waals surface area (Å²) in [5, 5.41) is 24.0. The number of nitrogens with zero attached hydrogens (tertiary/aromatic N) is 2. The zero-order valence-electron chi connectivity index (χ0n) is 20.9. The van der Waals surface area contributed by atoms with Crippen molar-refractivity contribution in [2.45, 2.75) is 38.3 Å². The first-order valence-corrected chi connectivity index (χ1v) is 14.7. The Bertz CT molecular complexity index is 1670. The maximum absolute atomic E-state index is 13.7. The van der Waals surface area contributed by atoms with Gasteiger partial charge < -0.3 is 15.3 Å². The molecular formula is C25H25FN4O6S2. The number of aliphatic hydroxyl groups excluding tert-OH is 1. The Morgan fingerprint density at radius 1 is 1.18 bits per heavy atom. The third-order valence-electron chi connectivity index (χ3n) is 6.07. The molecule has 0 bridgehead atoms. The van der Waals surface area contributed by atoms with Gasteiger partial charge in [0.25, 0.3) is 5.91 Å². The number of carbonyl (C=O) groups is 1. The highest BCUT2D eigenvalue weighted by Gasteiger charge is 2.49. The molecule has 13 heteroatoms. The van der Waals surface area contributed by atoms with Crippen LogP contribution in [0.1, 0.15) is 26.3 Å². The van der Waals surface area contributed by atoms with Crippen molar-refractivity contribution < 1.29 is 31.1 Å². The van der Waals surface area contributed by atoms with E-state index in [0.717, 1.165) is 12.3 Å². The van der Waals surface area contributed by atoms with Gasteiger partial charge in [0, 0.05) is 12.2 Å². The Morgan fingerprint density at radius 3 is 2.37 bits per heavy atom. The van der Waals surface area contributed by atoms with E-state index in [1.54, 1.807) is 26.8 Å². The second-order valence-corrected chi connectivity index (χ2v) is 13.7. The van der Waals surface area contributed by atoms with Crippen LogP contribution < -0.4 is 10.0 Å². The van der Waals surface area contributed by atoms with E-state index in [-0.39, 0.29) is 34.1 Å². The van der Waals surface area contributed by atoms with E-state index in [9.17, 15) is 36.4 Å². The second-order valence-electron chi connectivity index (χ2n) is 10.1. The van der Waals surface area contributed by atoms with E-state index in [1.165, 1.54) is 41.3 Å². The summed E-state index contributed by atoms with van der Waals surface area (Å²) in [4.78, 5) is 13.9. The summed E-state index contributed by atoms with van der Waals surface area (Å²) in [6.45, 7) is 5.36. The van der Waals surface area contributed by atoms with Gasteiger partial charge in [-0.05, 0) is 41.3 Å². The SMILES string of the molecule is CC(C)(C)[C@H]1C(O)=C(C2=C(C#N)S(=O)(=O)c3cc(NS(C)(=O)=O)ccc3N2)C(=O)N1Cc1ccc(F)cc1. The zero-order chi connectivity index (χ0) is 28.2. The van der Waals surface area contributed by atoms with E-state index >= 15 is 0 Å². The molecule has 0 spiro atoms. The van der Waals surface area contributed by atoms with Gasteiger partial charge in [-0.2, -0.15) is 5.26 Å². The summed E-state index contributed by atoms with van der Waals surface area (Å²) < 4.78 is 65.7. The number of amides is 1. The predicted octanol–water partition coefficient (Wildman–Crippen LogP) is 3.40. The van der Waals surface area contributed by atoms with E-state index in [0.29, 0.717) is 5.56 Å². The van der Waals surface area contributed by atoms with E-state index < -0.39 is 53.7 Å². The number of nitriles is 1. The number of allylic oxidation sites excluding steroid dienone is 1. The summed E-state index contributed by atoms with van der Waals surface area (Å²) >= 11 is 0. The van der Waals surface area contributed by atoms with Crippen LogP contribution in [-0.4, -0.2) is 45.0 Å². The van der Waals surface area contributed by atoms with Crippen molar-refractivity contribution in [3.05, 3.63) is 75.8 Å². The molecule has 0 fully saturated rings. The topological polar surface area (TPSA) is 157 Å². The quantitative estimate of drug-likeness (QED) is 0.502. The molecule has 10 nitrogen and oxygen atoms in total. The Labute approximate surface area is 220 Å². The van der Waals surface area contributed by atoms with Crippen molar-refractivity contribution in [1.29, 1.82) is 5.26 Å². The van der Waals surface area contributed by atoms with Gasteiger partial charge in [0.2, 0.25) is 19.9 Å². The first-order valence-electron chi connectivity index (χ1n) is 11.3. The standard InChI is InChI=1S/C25H25FN4O6S2/c1-25(2,3)23-22(31)20(24(32)30(23)13-14-5-7-15(26)8-6-14)21-19(12-27)38(35,36)18-11-16(29-37(4,33)34)9-10-17(18)28-21/h5-11,23,28-29,31H,13H2,1-4H3/t23-/m1/s1. The molecule has 1 atom stereocenters. The maximum atomic E-state index is 13.7. The molecule has 2 aromatic rings. The fourth-order valence-electron chi connectivity index (χ4n) is 4.57. The van der Waals surface area contributed by atoms with Crippen molar-refractivity contribution in [2.75, 3.05) is 16.3 Å². The minimum absolute atomic E-state index is 0.00422. The van der Waals surface area contributed by atoms with Crippen LogP contribution in [0.3, 0.4) is 0 Å². The average Bonchev–Trinajstić information content (AvgIpc) is 3.03. The van der Waals surface area contributed by atoms with E-state index in [1.807, 2.05) is 0 Å². The van der Waals surface area contributed by atoms with Crippen LogP contribution >= 0.6 is 0 Å². The van der Waals surface area contributed by atoms with E-state index in [2.05, 4.69) is 10.0 Å². The van der Waals surface area contributed by atoms with Crippen LogP contribution in [-0.2, 0) is 31.2 Å². The number of fused-ring (bicyclic) bond motifs is 1. The minimum atomic E-state index is -4.52. The molecule has 2 aliphatic rings. The molecule has 0 saturated carbocycles. The molecule has 1 amide bonds. The number of halogens is 1. The van der Waals surface area contributed by atoms with Crippen LogP contribution in [0.2, 0.25) is 0 Å². The number of rotatable bonds is 5. The molecular weight excluding hydrogens is 535 g/mol. The number of sulfone groups is 1. The van der Waals surface area contributed by atoms with Crippen LogP contribution in [0, 0.1) is 22.6 Å². The monoisotopic (exact) mass is 560 g/mol. The van der Waals surface area contributed by atoms with Crippen molar-refractivity contribution in [3.8, 4) is 6.07 Å². The van der Waals surface area contributed by atoms with Crippen LogP contribution in [0.25, 0.3) is 0 Å². The third kappa shape index (κ3) is 4.84. The number of nitrogens with one attached hydrogen (secondary N) is 2. The molecule has 2 aromatic carbocycles. The Kier molecular flexibility index (Phi) is 6.53. The van der Waals surface area contributed by atoms with Crippen molar-refractivity contribution >= 4 is 37.1 Å². The zero-order valence-corrected chi connectivity index (χ0v) is 22.5. The first kappa shape index (κ1) is 27.2. The minimum Gasteiger partial charge on any atom is -0.509 e. The fourth-order valence-corrected chi connectivity index (χ4v) is 6.58. The third-order valence-corrected chi connectivity index (χ3v) is 8.43. The molecule has 0 unspecified atom stereocenters. The summed E-state index contributed by atoms with van der Waals surface area (Å²) in [6.07, 6.45) is 0.905. The number of hydrogen-bond acceptors (Lipinski definition) is 8. The highest BCUT2D eigenvalue weighted by Crippen LogP contribution is 2.44. The lowest BCUT2D eigenvalue weighted by atomic mass is 9.85. The first-order chi connectivity index (χ1) is 17.5. The molecule has 2 heterocycles. The highest BCUT2D eigenvalue weighted by atomic mass is 32.2. The number of sulfonamides is 1. The summed E-state index contributed by atoms with van der Waals surface area (Å²) in [5.41, 5.74) is -0.895.